The van der Waals surface area contributed by atoms with E-state index in [0.29, 0.717) is 37.7 Å². The van der Waals surface area contributed by atoms with Crippen molar-refractivity contribution in [2.24, 2.45) is 0 Å². The molecule has 0 spiro atoms. The number of esters is 1. The van der Waals surface area contributed by atoms with Gasteiger partial charge in [0.05, 0.1) is 17.2 Å². The van der Waals surface area contributed by atoms with Crippen LogP contribution in [-0.4, -0.2) is 59.5 Å². The first-order valence-electron chi connectivity index (χ1n) is 8.14. The van der Waals surface area contributed by atoms with Crippen molar-refractivity contribution in [1.82, 2.24) is 14.9 Å². The Morgan fingerprint density at radius 1 is 1.12 bits per heavy atom. The van der Waals surface area contributed by atoms with E-state index in [4.69, 9.17) is 10.00 Å². The maximum absolute atomic E-state index is 12.2. The normalized spacial score (nSPS) is 13.8. The van der Waals surface area contributed by atoms with Crippen LogP contribution < -0.4 is 4.90 Å². The van der Waals surface area contributed by atoms with E-state index in [0.717, 1.165) is 0 Å². The lowest BCUT2D eigenvalue weighted by molar-refractivity contribution is -0.134. The predicted molar refractivity (Wildman–Crippen MR) is 92.3 cm³/mol. The summed E-state index contributed by atoms with van der Waals surface area (Å²) in [6, 6.07) is 9.89. The summed E-state index contributed by atoms with van der Waals surface area (Å²) < 4.78 is 5.08. The molecule has 1 aromatic heterocycles. The zero-order chi connectivity index (χ0) is 18.4. The van der Waals surface area contributed by atoms with E-state index >= 15 is 0 Å². The summed E-state index contributed by atoms with van der Waals surface area (Å²) in [5, 5.41) is 8.86. The number of anilines is 1. The lowest BCUT2D eigenvalue weighted by atomic mass is 10.1. The largest absolute Gasteiger partial charge is 0.452 e. The van der Waals surface area contributed by atoms with Crippen LogP contribution in [0.4, 0.5) is 5.95 Å². The van der Waals surface area contributed by atoms with Crippen molar-refractivity contribution in [2.45, 2.75) is 0 Å². The lowest BCUT2D eigenvalue weighted by Crippen LogP contribution is -2.50. The fraction of sp³-hybridized carbons (Fsp3) is 0.278. The van der Waals surface area contributed by atoms with Crippen molar-refractivity contribution in [3.8, 4) is 6.07 Å². The molecular weight excluding hydrogens is 334 g/mol. The number of hydrogen-bond acceptors (Lipinski definition) is 7. The van der Waals surface area contributed by atoms with Gasteiger partial charge in [0.15, 0.2) is 6.61 Å². The van der Waals surface area contributed by atoms with Gasteiger partial charge in [-0.1, -0.05) is 6.07 Å². The second-order valence-corrected chi connectivity index (χ2v) is 5.69. The van der Waals surface area contributed by atoms with Crippen LogP contribution in [0, 0.1) is 11.3 Å². The number of benzene rings is 1. The fourth-order valence-corrected chi connectivity index (χ4v) is 2.63. The summed E-state index contributed by atoms with van der Waals surface area (Å²) >= 11 is 0. The first-order chi connectivity index (χ1) is 12.7. The molecule has 1 saturated heterocycles. The molecule has 0 bridgehead atoms. The number of carbonyl (C=O) groups excluding carboxylic acids is 2. The second kappa shape index (κ2) is 8.07. The average Bonchev–Trinajstić information content (AvgIpc) is 2.72. The van der Waals surface area contributed by atoms with Crippen LogP contribution in [0.15, 0.2) is 42.7 Å². The molecule has 132 valence electrons. The topological polar surface area (TPSA) is 99.4 Å². The van der Waals surface area contributed by atoms with E-state index in [9.17, 15) is 9.59 Å². The summed E-state index contributed by atoms with van der Waals surface area (Å²) in [5.74, 6) is -0.224. The van der Waals surface area contributed by atoms with Gasteiger partial charge in [-0.2, -0.15) is 5.26 Å². The summed E-state index contributed by atoms with van der Waals surface area (Å²) in [7, 11) is 0. The van der Waals surface area contributed by atoms with Crippen LogP contribution in [0.5, 0.6) is 0 Å². The Hall–Kier alpha value is -3.47. The van der Waals surface area contributed by atoms with Crippen LogP contribution in [0.2, 0.25) is 0 Å². The smallest absolute Gasteiger partial charge is 0.338 e. The number of nitriles is 1. The zero-order valence-electron chi connectivity index (χ0n) is 14.0. The molecule has 0 unspecified atom stereocenters. The van der Waals surface area contributed by atoms with Gasteiger partial charge in [-0.3, -0.25) is 4.79 Å². The highest BCUT2D eigenvalue weighted by atomic mass is 16.5. The Bertz CT molecular complexity index is 826. The minimum Gasteiger partial charge on any atom is -0.452 e. The van der Waals surface area contributed by atoms with Crippen molar-refractivity contribution in [3.05, 3.63) is 53.9 Å². The van der Waals surface area contributed by atoms with Crippen molar-refractivity contribution < 1.29 is 14.3 Å². The summed E-state index contributed by atoms with van der Waals surface area (Å²) in [6.07, 6.45) is 3.36. The van der Waals surface area contributed by atoms with Crippen molar-refractivity contribution in [3.63, 3.8) is 0 Å². The number of piperazine rings is 1. The van der Waals surface area contributed by atoms with Gasteiger partial charge >= 0.3 is 5.97 Å². The standard InChI is InChI=1S/C18H17N5O3/c19-12-14-3-1-4-15(11-14)17(25)26-13-16(24)22-7-9-23(10-8-22)18-20-5-2-6-21-18/h1-6,11H,7-10,13H2. The SMILES string of the molecule is N#Cc1cccc(C(=O)OCC(=O)N2CCN(c3ncccn3)CC2)c1. The van der Waals surface area contributed by atoms with Crippen LogP contribution in [0.1, 0.15) is 15.9 Å². The van der Waals surface area contributed by atoms with Crippen LogP contribution >= 0.6 is 0 Å². The third kappa shape index (κ3) is 4.13. The van der Waals surface area contributed by atoms with E-state index in [2.05, 4.69) is 9.97 Å². The van der Waals surface area contributed by atoms with E-state index in [-0.39, 0.29) is 18.1 Å². The monoisotopic (exact) mass is 351 g/mol. The van der Waals surface area contributed by atoms with Gasteiger partial charge in [-0.25, -0.2) is 14.8 Å². The number of aromatic nitrogens is 2. The predicted octanol–water partition coefficient (Wildman–Crippen LogP) is 0.854. The lowest BCUT2D eigenvalue weighted by Gasteiger charge is -2.34. The number of ether oxygens (including phenoxy) is 1. The molecule has 0 atom stereocenters. The highest BCUT2D eigenvalue weighted by Crippen LogP contribution is 2.10. The van der Waals surface area contributed by atoms with E-state index in [1.54, 1.807) is 41.6 Å². The third-order valence-electron chi connectivity index (χ3n) is 4.02. The van der Waals surface area contributed by atoms with Gasteiger partial charge in [-0.05, 0) is 24.3 Å². The summed E-state index contributed by atoms with van der Waals surface area (Å²) in [5.41, 5.74) is 0.618. The Morgan fingerprint density at radius 2 is 1.85 bits per heavy atom. The van der Waals surface area contributed by atoms with Gasteiger partial charge in [-0.15, -0.1) is 0 Å². The first-order valence-corrected chi connectivity index (χ1v) is 8.14. The number of hydrogen-bond donors (Lipinski definition) is 0. The molecule has 2 heterocycles. The van der Waals surface area contributed by atoms with Gasteiger partial charge in [0.25, 0.3) is 5.91 Å². The van der Waals surface area contributed by atoms with E-state index in [1.165, 1.54) is 6.07 Å². The Morgan fingerprint density at radius 3 is 2.54 bits per heavy atom. The van der Waals surface area contributed by atoms with Gasteiger partial charge in [0.2, 0.25) is 5.95 Å². The quantitative estimate of drug-likeness (QED) is 0.753. The summed E-state index contributed by atoms with van der Waals surface area (Å²) in [6.45, 7) is 1.94. The van der Waals surface area contributed by atoms with E-state index in [1.807, 2.05) is 11.0 Å². The minimum absolute atomic E-state index is 0.247. The van der Waals surface area contributed by atoms with Gasteiger partial charge < -0.3 is 14.5 Å². The number of amides is 1. The van der Waals surface area contributed by atoms with Crippen LogP contribution in [0.25, 0.3) is 0 Å². The number of carbonyl (C=O) groups is 2. The molecule has 1 aromatic carbocycles. The van der Waals surface area contributed by atoms with E-state index < -0.39 is 5.97 Å². The maximum atomic E-state index is 12.2. The van der Waals surface area contributed by atoms with Crippen molar-refractivity contribution in [2.75, 3.05) is 37.7 Å². The maximum Gasteiger partial charge on any atom is 0.338 e. The summed E-state index contributed by atoms with van der Waals surface area (Å²) in [4.78, 5) is 36.3. The molecule has 26 heavy (non-hydrogen) atoms. The molecule has 3 rings (SSSR count). The van der Waals surface area contributed by atoms with Crippen LogP contribution in [-0.2, 0) is 9.53 Å². The second-order valence-electron chi connectivity index (χ2n) is 5.69. The molecule has 1 aliphatic rings. The average molecular weight is 351 g/mol. The molecule has 0 radical (unpaired) electrons. The molecule has 8 nitrogen and oxygen atoms in total. The number of rotatable bonds is 4. The highest BCUT2D eigenvalue weighted by molar-refractivity contribution is 5.91. The van der Waals surface area contributed by atoms with Crippen LogP contribution in [0.3, 0.4) is 0 Å². The van der Waals surface area contributed by atoms with Gasteiger partial charge in [0.1, 0.15) is 0 Å². The molecule has 8 heteroatoms. The Balaban J connectivity index is 1.48. The molecule has 2 aromatic rings. The molecule has 0 aliphatic carbocycles. The zero-order valence-corrected chi connectivity index (χ0v) is 14.0. The molecule has 1 aliphatic heterocycles. The highest BCUT2D eigenvalue weighted by Gasteiger charge is 2.23. The number of nitrogens with zero attached hydrogens (tertiary/aromatic N) is 5. The minimum atomic E-state index is -0.619. The fourth-order valence-electron chi connectivity index (χ4n) is 2.63. The Labute approximate surface area is 150 Å². The molecule has 1 amide bonds. The molecular formula is C18H17N5O3. The third-order valence-corrected chi connectivity index (χ3v) is 4.02. The molecule has 0 N–H and O–H groups in total. The molecule has 1 fully saturated rings. The van der Waals surface area contributed by atoms with Crippen molar-refractivity contribution >= 4 is 17.8 Å². The first kappa shape index (κ1) is 17.4. The van der Waals surface area contributed by atoms with Gasteiger partial charge in [0, 0.05) is 38.6 Å². The van der Waals surface area contributed by atoms with Crippen molar-refractivity contribution in [1.29, 1.82) is 5.26 Å². The molecule has 0 saturated carbocycles. The Kier molecular flexibility index (Phi) is 5.39.